The molecule has 0 fully saturated rings. The number of amides is 2. The minimum absolute atomic E-state index is 0.154. The van der Waals surface area contributed by atoms with E-state index in [1.165, 1.54) is 17.0 Å². The Morgan fingerprint density at radius 3 is 2.45 bits per heavy atom. The molecular weight excluding hydrogens is 263 g/mol. The fraction of sp³-hybridized carbons (Fsp3) is 0.429. The van der Waals surface area contributed by atoms with Gasteiger partial charge in [0.2, 0.25) is 0 Å². The van der Waals surface area contributed by atoms with Gasteiger partial charge < -0.3 is 15.3 Å². The summed E-state index contributed by atoms with van der Waals surface area (Å²) in [5.41, 5.74) is 0.780. The van der Waals surface area contributed by atoms with E-state index < -0.39 is 11.9 Å². The van der Waals surface area contributed by atoms with Gasteiger partial charge in [-0.25, -0.2) is 9.18 Å². The molecule has 20 heavy (non-hydrogen) atoms. The van der Waals surface area contributed by atoms with Gasteiger partial charge in [0.15, 0.2) is 0 Å². The summed E-state index contributed by atoms with van der Waals surface area (Å²) < 4.78 is 12.7. The van der Waals surface area contributed by atoms with E-state index in [0.29, 0.717) is 6.54 Å². The highest BCUT2D eigenvalue weighted by Gasteiger charge is 2.18. The van der Waals surface area contributed by atoms with Crippen LogP contribution in [0, 0.1) is 11.7 Å². The van der Waals surface area contributed by atoms with E-state index in [9.17, 15) is 14.0 Å². The number of nitrogens with zero attached hydrogens (tertiary/aromatic N) is 1. The lowest BCUT2D eigenvalue weighted by molar-refractivity contribution is -0.141. The van der Waals surface area contributed by atoms with Crippen LogP contribution in [0.1, 0.15) is 19.4 Å². The predicted octanol–water partition coefficient (Wildman–Crippen LogP) is 2.08. The molecule has 0 aliphatic heterocycles. The molecule has 0 aliphatic rings. The summed E-state index contributed by atoms with van der Waals surface area (Å²) in [6.07, 6.45) is 0. The van der Waals surface area contributed by atoms with E-state index >= 15 is 0 Å². The topological polar surface area (TPSA) is 69.6 Å². The number of rotatable bonds is 6. The van der Waals surface area contributed by atoms with Crippen molar-refractivity contribution < 1.29 is 19.1 Å². The van der Waals surface area contributed by atoms with E-state index in [-0.39, 0.29) is 24.9 Å². The number of nitrogens with one attached hydrogen (secondary N) is 1. The lowest BCUT2D eigenvalue weighted by Crippen LogP contribution is -2.42. The molecule has 0 spiro atoms. The van der Waals surface area contributed by atoms with Crippen molar-refractivity contribution in [1.82, 2.24) is 10.2 Å². The van der Waals surface area contributed by atoms with Crippen LogP contribution in [0.2, 0.25) is 0 Å². The first-order valence-corrected chi connectivity index (χ1v) is 6.44. The number of carbonyl (C=O) groups excluding carboxylic acids is 1. The van der Waals surface area contributed by atoms with Crippen LogP contribution < -0.4 is 5.32 Å². The minimum Gasteiger partial charge on any atom is -0.481 e. The van der Waals surface area contributed by atoms with E-state index in [1.807, 2.05) is 0 Å². The van der Waals surface area contributed by atoms with Crippen LogP contribution in [-0.2, 0) is 11.3 Å². The lowest BCUT2D eigenvalue weighted by atomic mass is 10.2. The van der Waals surface area contributed by atoms with E-state index in [1.54, 1.807) is 26.0 Å². The van der Waals surface area contributed by atoms with Gasteiger partial charge in [-0.2, -0.15) is 0 Å². The van der Waals surface area contributed by atoms with Crippen molar-refractivity contribution >= 4 is 12.0 Å². The van der Waals surface area contributed by atoms with Crippen LogP contribution >= 0.6 is 0 Å². The Balaban J connectivity index is 2.51. The molecule has 0 saturated carbocycles. The van der Waals surface area contributed by atoms with Crippen molar-refractivity contribution in [2.75, 3.05) is 13.1 Å². The zero-order valence-electron chi connectivity index (χ0n) is 11.6. The van der Waals surface area contributed by atoms with E-state index in [0.717, 1.165) is 5.56 Å². The molecule has 0 aliphatic carbocycles. The molecule has 1 rings (SSSR count). The first-order chi connectivity index (χ1) is 9.43. The highest BCUT2D eigenvalue weighted by atomic mass is 19.1. The first kappa shape index (κ1) is 15.9. The smallest absolute Gasteiger partial charge is 0.317 e. The van der Waals surface area contributed by atoms with Crippen LogP contribution in [-0.4, -0.2) is 35.1 Å². The SMILES string of the molecule is CCN(CC(C)C(=O)O)C(=O)NCc1ccc(F)cc1. The van der Waals surface area contributed by atoms with Gasteiger partial charge in [-0.1, -0.05) is 19.1 Å². The van der Waals surface area contributed by atoms with E-state index in [4.69, 9.17) is 5.11 Å². The highest BCUT2D eigenvalue weighted by Crippen LogP contribution is 2.04. The van der Waals surface area contributed by atoms with Gasteiger partial charge in [0.25, 0.3) is 0 Å². The van der Waals surface area contributed by atoms with Gasteiger partial charge >= 0.3 is 12.0 Å². The molecule has 0 bridgehead atoms. The Bertz CT molecular complexity index is 462. The Kier molecular flexibility index (Phi) is 5.96. The third kappa shape index (κ3) is 4.87. The number of carbonyl (C=O) groups is 2. The number of hydrogen-bond donors (Lipinski definition) is 2. The molecule has 2 amide bonds. The van der Waals surface area contributed by atoms with Crippen molar-refractivity contribution in [2.45, 2.75) is 20.4 Å². The molecule has 0 saturated heterocycles. The Morgan fingerprint density at radius 1 is 1.35 bits per heavy atom. The molecular formula is C14H19FN2O3. The van der Waals surface area contributed by atoms with Crippen molar-refractivity contribution in [3.05, 3.63) is 35.6 Å². The fourth-order valence-electron chi connectivity index (χ4n) is 1.66. The van der Waals surface area contributed by atoms with Gasteiger partial charge in [0.1, 0.15) is 5.82 Å². The number of carboxylic acid groups (broad SMARTS) is 1. The maximum atomic E-state index is 12.7. The molecule has 1 unspecified atom stereocenters. The zero-order chi connectivity index (χ0) is 15.1. The standard InChI is InChI=1S/C14H19FN2O3/c1-3-17(9-10(2)13(18)19)14(20)16-8-11-4-6-12(15)7-5-11/h4-7,10H,3,8-9H2,1-2H3,(H,16,20)(H,18,19). The van der Waals surface area contributed by atoms with Gasteiger partial charge in [-0.05, 0) is 24.6 Å². The molecule has 6 heteroatoms. The summed E-state index contributed by atoms with van der Waals surface area (Å²) in [6, 6.07) is 5.50. The highest BCUT2D eigenvalue weighted by molar-refractivity contribution is 5.75. The molecule has 110 valence electrons. The quantitative estimate of drug-likeness (QED) is 0.839. The normalized spacial score (nSPS) is 11.8. The third-order valence-corrected chi connectivity index (χ3v) is 2.94. The summed E-state index contributed by atoms with van der Waals surface area (Å²) in [7, 11) is 0. The Morgan fingerprint density at radius 2 is 1.95 bits per heavy atom. The van der Waals surface area contributed by atoms with Gasteiger partial charge in [0, 0.05) is 19.6 Å². The lowest BCUT2D eigenvalue weighted by Gasteiger charge is -2.23. The van der Waals surface area contributed by atoms with Crippen molar-refractivity contribution in [1.29, 1.82) is 0 Å². The summed E-state index contributed by atoms with van der Waals surface area (Å²) in [6.45, 7) is 4.19. The van der Waals surface area contributed by atoms with Crippen LogP contribution in [0.4, 0.5) is 9.18 Å². The second-order valence-corrected chi connectivity index (χ2v) is 4.56. The maximum Gasteiger partial charge on any atom is 0.317 e. The summed E-state index contributed by atoms with van der Waals surface area (Å²) in [5.74, 6) is -1.88. The van der Waals surface area contributed by atoms with Gasteiger partial charge in [-0.3, -0.25) is 4.79 Å². The van der Waals surface area contributed by atoms with Crippen LogP contribution in [0.15, 0.2) is 24.3 Å². The zero-order valence-corrected chi connectivity index (χ0v) is 11.6. The summed E-state index contributed by atoms with van der Waals surface area (Å²) >= 11 is 0. The molecule has 2 N–H and O–H groups in total. The van der Waals surface area contributed by atoms with Crippen molar-refractivity contribution in [3.63, 3.8) is 0 Å². The van der Waals surface area contributed by atoms with Crippen molar-refractivity contribution in [3.8, 4) is 0 Å². The third-order valence-electron chi connectivity index (χ3n) is 2.94. The first-order valence-electron chi connectivity index (χ1n) is 6.44. The van der Waals surface area contributed by atoms with Crippen LogP contribution in [0.5, 0.6) is 0 Å². The number of urea groups is 1. The van der Waals surface area contributed by atoms with Gasteiger partial charge in [0.05, 0.1) is 5.92 Å². The van der Waals surface area contributed by atoms with Crippen LogP contribution in [0.3, 0.4) is 0 Å². The number of benzene rings is 1. The molecule has 0 heterocycles. The van der Waals surface area contributed by atoms with Crippen molar-refractivity contribution in [2.24, 2.45) is 5.92 Å². The average molecular weight is 282 g/mol. The number of carboxylic acids is 1. The monoisotopic (exact) mass is 282 g/mol. The summed E-state index contributed by atoms with van der Waals surface area (Å²) in [5, 5.41) is 11.5. The maximum absolute atomic E-state index is 12.7. The molecule has 1 atom stereocenters. The largest absolute Gasteiger partial charge is 0.481 e. The predicted molar refractivity (Wildman–Crippen MR) is 72.7 cm³/mol. The molecule has 1 aromatic carbocycles. The van der Waals surface area contributed by atoms with E-state index in [2.05, 4.69) is 5.32 Å². The molecule has 5 nitrogen and oxygen atoms in total. The molecule has 0 aromatic heterocycles. The second kappa shape index (κ2) is 7.47. The average Bonchev–Trinajstić information content (AvgIpc) is 2.43. The Hall–Kier alpha value is -2.11. The number of halogens is 1. The number of hydrogen-bond acceptors (Lipinski definition) is 2. The molecule has 0 radical (unpaired) electrons. The number of aliphatic carboxylic acids is 1. The minimum atomic E-state index is -0.935. The van der Waals surface area contributed by atoms with Crippen LogP contribution in [0.25, 0.3) is 0 Å². The molecule has 1 aromatic rings. The fourth-order valence-corrected chi connectivity index (χ4v) is 1.66. The second-order valence-electron chi connectivity index (χ2n) is 4.56. The summed E-state index contributed by atoms with van der Waals surface area (Å²) in [4.78, 5) is 24.1. The van der Waals surface area contributed by atoms with Gasteiger partial charge in [-0.15, -0.1) is 0 Å². The Labute approximate surface area is 117 Å².